The second-order valence-electron chi connectivity index (χ2n) is 6.44. The molecule has 1 atom stereocenters. The van der Waals surface area contributed by atoms with Crippen LogP contribution >= 0.6 is 0 Å². The van der Waals surface area contributed by atoms with Gasteiger partial charge in [-0.2, -0.15) is 5.10 Å². The Hall–Kier alpha value is -3.95. The lowest BCUT2D eigenvalue weighted by molar-refractivity contribution is -0.385. The molecule has 0 aliphatic carbocycles. The quantitative estimate of drug-likeness (QED) is 0.358. The largest absolute Gasteiger partial charge is 0.454 e. The van der Waals surface area contributed by atoms with Gasteiger partial charge >= 0.3 is 6.03 Å². The Morgan fingerprint density at radius 2 is 1.93 bits per heavy atom. The third-order valence-corrected chi connectivity index (χ3v) is 4.90. The molecule has 10 nitrogen and oxygen atoms in total. The highest BCUT2D eigenvalue weighted by Gasteiger charge is 2.51. The number of carbonyl (C=O) groups excluding carboxylic acids is 2. The molecule has 148 valence electrons. The molecule has 1 N–H and O–H groups in total. The standard InChI is InChI=1S/C19H16N4O6/c1-2-19(13-6-4-3-5-7-13)17(24)22(18(25)21-19)20-10-12-8-15-16(29-11-28-15)9-14(12)23(26)27/h3-10H,2,11H2,1H3,(H,21,25)/b20-10-/t19-/m0/s1. The van der Waals surface area contributed by atoms with Gasteiger partial charge in [-0.15, -0.1) is 5.01 Å². The number of carbonyl (C=O) groups is 2. The molecule has 2 heterocycles. The smallest absolute Gasteiger partial charge is 0.346 e. The van der Waals surface area contributed by atoms with Gasteiger partial charge in [0.2, 0.25) is 6.79 Å². The van der Waals surface area contributed by atoms with Gasteiger partial charge in [0.15, 0.2) is 11.5 Å². The van der Waals surface area contributed by atoms with Crippen molar-refractivity contribution in [2.24, 2.45) is 5.10 Å². The van der Waals surface area contributed by atoms with Gasteiger partial charge in [0.25, 0.3) is 11.6 Å². The molecule has 0 unspecified atom stereocenters. The summed E-state index contributed by atoms with van der Waals surface area (Å²) in [6.07, 6.45) is 1.41. The molecular weight excluding hydrogens is 380 g/mol. The summed E-state index contributed by atoms with van der Waals surface area (Å²) in [6.45, 7) is 1.73. The van der Waals surface area contributed by atoms with Crippen LogP contribution in [0, 0.1) is 10.1 Å². The van der Waals surface area contributed by atoms with Gasteiger partial charge in [0.1, 0.15) is 5.54 Å². The molecule has 4 rings (SSSR count). The van der Waals surface area contributed by atoms with Crippen LogP contribution in [0.15, 0.2) is 47.6 Å². The van der Waals surface area contributed by atoms with E-state index in [2.05, 4.69) is 10.4 Å². The van der Waals surface area contributed by atoms with E-state index in [1.807, 2.05) is 6.07 Å². The van der Waals surface area contributed by atoms with Crippen molar-refractivity contribution in [1.82, 2.24) is 10.3 Å². The number of hydrogen-bond donors (Lipinski definition) is 1. The Morgan fingerprint density at radius 1 is 1.24 bits per heavy atom. The second-order valence-corrected chi connectivity index (χ2v) is 6.44. The minimum absolute atomic E-state index is 0.0454. The molecule has 1 saturated heterocycles. The summed E-state index contributed by atoms with van der Waals surface area (Å²) >= 11 is 0. The molecule has 0 bridgehead atoms. The number of imide groups is 1. The fraction of sp³-hybridized carbons (Fsp3) is 0.211. The summed E-state index contributed by atoms with van der Waals surface area (Å²) in [5.41, 5.74) is -0.813. The predicted molar refractivity (Wildman–Crippen MR) is 101 cm³/mol. The topological polar surface area (TPSA) is 123 Å². The van der Waals surface area contributed by atoms with E-state index in [0.717, 1.165) is 6.21 Å². The third-order valence-electron chi connectivity index (χ3n) is 4.90. The van der Waals surface area contributed by atoms with Gasteiger partial charge in [-0.25, -0.2) is 4.79 Å². The van der Waals surface area contributed by atoms with Crippen LogP contribution in [0.4, 0.5) is 10.5 Å². The molecule has 2 aromatic rings. The minimum Gasteiger partial charge on any atom is -0.454 e. The van der Waals surface area contributed by atoms with Crippen LogP contribution in [-0.2, 0) is 10.3 Å². The lowest BCUT2D eigenvalue weighted by Crippen LogP contribution is -2.43. The summed E-state index contributed by atoms with van der Waals surface area (Å²) in [7, 11) is 0. The summed E-state index contributed by atoms with van der Waals surface area (Å²) in [5, 5.41) is 18.7. The van der Waals surface area contributed by atoms with E-state index in [0.29, 0.717) is 22.7 Å². The van der Waals surface area contributed by atoms with E-state index < -0.39 is 22.4 Å². The molecule has 10 heteroatoms. The Kier molecular flexibility index (Phi) is 4.38. The maximum atomic E-state index is 13.0. The maximum absolute atomic E-state index is 13.0. The zero-order valence-electron chi connectivity index (χ0n) is 15.3. The van der Waals surface area contributed by atoms with Crippen molar-refractivity contribution in [3.63, 3.8) is 0 Å². The number of nitro groups is 1. The third kappa shape index (κ3) is 2.94. The van der Waals surface area contributed by atoms with Crippen molar-refractivity contribution < 1.29 is 24.0 Å². The Morgan fingerprint density at radius 3 is 2.59 bits per heavy atom. The van der Waals surface area contributed by atoms with Gasteiger partial charge in [-0.3, -0.25) is 14.9 Å². The lowest BCUT2D eigenvalue weighted by Gasteiger charge is -2.24. The van der Waals surface area contributed by atoms with Crippen LogP contribution in [0.25, 0.3) is 0 Å². The van der Waals surface area contributed by atoms with Gasteiger partial charge in [0, 0.05) is 0 Å². The highest BCUT2D eigenvalue weighted by molar-refractivity contribution is 6.08. The highest BCUT2D eigenvalue weighted by atomic mass is 16.7. The van der Waals surface area contributed by atoms with E-state index in [1.165, 1.54) is 12.1 Å². The molecule has 0 radical (unpaired) electrons. The van der Waals surface area contributed by atoms with E-state index in [-0.39, 0.29) is 23.8 Å². The van der Waals surface area contributed by atoms with E-state index >= 15 is 0 Å². The van der Waals surface area contributed by atoms with Crippen molar-refractivity contribution in [1.29, 1.82) is 0 Å². The van der Waals surface area contributed by atoms with Crippen LogP contribution in [0.3, 0.4) is 0 Å². The molecule has 2 aliphatic rings. The number of amides is 3. The minimum atomic E-state index is -1.24. The first kappa shape index (κ1) is 18.4. The number of rotatable bonds is 5. The zero-order chi connectivity index (χ0) is 20.6. The molecule has 0 saturated carbocycles. The van der Waals surface area contributed by atoms with Crippen molar-refractivity contribution in [3.8, 4) is 11.5 Å². The number of hydrazone groups is 1. The monoisotopic (exact) mass is 396 g/mol. The summed E-state index contributed by atoms with van der Waals surface area (Å²) in [6, 6.07) is 10.7. The number of nitrogens with zero attached hydrogens (tertiary/aromatic N) is 3. The molecule has 2 aliphatic heterocycles. The SMILES string of the molecule is CC[C@@]1(c2ccccc2)NC(=O)N(/N=C\c2cc3c(cc2[N+](=O)[O-])OCO3)C1=O. The molecule has 3 amide bonds. The van der Waals surface area contributed by atoms with Gasteiger partial charge in [-0.1, -0.05) is 37.3 Å². The maximum Gasteiger partial charge on any atom is 0.346 e. The normalized spacial score (nSPS) is 20.4. The van der Waals surface area contributed by atoms with Crippen molar-refractivity contribution >= 4 is 23.8 Å². The fourth-order valence-electron chi connectivity index (χ4n) is 3.36. The zero-order valence-corrected chi connectivity index (χ0v) is 15.3. The van der Waals surface area contributed by atoms with Crippen LogP contribution < -0.4 is 14.8 Å². The molecule has 29 heavy (non-hydrogen) atoms. The van der Waals surface area contributed by atoms with Crippen LogP contribution in [0.5, 0.6) is 11.5 Å². The number of fused-ring (bicyclic) bond motifs is 1. The van der Waals surface area contributed by atoms with E-state index in [9.17, 15) is 19.7 Å². The average molecular weight is 396 g/mol. The van der Waals surface area contributed by atoms with Gasteiger partial charge in [0.05, 0.1) is 22.8 Å². The van der Waals surface area contributed by atoms with Crippen molar-refractivity contribution in [2.45, 2.75) is 18.9 Å². The van der Waals surface area contributed by atoms with Crippen LogP contribution in [0.1, 0.15) is 24.5 Å². The second kappa shape index (κ2) is 6.89. The number of nitro benzene ring substituents is 1. The number of hydrogen-bond acceptors (Lipinski definition) is 7. The molecule has 0 spiro atoms. The molecule has 1 fully saturated rings. The Balaban J connectivity index is 1.69. The molecule has 2 aromatic carbocycles. The first-order valence-electron chi connectivity index (χ1n) is 8.80. The van der Waals surface area contributed by atoms with Gasteiger partial charge in [-0.05, 0) is 18.1 Å². The number of benzene rings is 2. The predicted octanol–water partition coefficient (Wildman–Crippen LogP) is 2.51. The molecule has 0 aromatic heterocycles. The van der Waals surface area contributed by atoms with E-state index in [4.69, 9.17) is 9.47 Å². The summed E-state index contributed by atoms with van der Waals surface area (Å²) < 4.78 is 10.4. The van der Waals surface area contributed by atoms with Gasteiger partial charge < -0.3 is 14.8 Å². The molecular formula is C19H16N4O6. The number of nitrogens with one attached hydrogen (secondary N) is 1. The average Bonchev–Trinajstić information content (AvgIpc) is 3.28. The number of ether oxygens (including phenoxy) is 2. The first-order valence-corrected chi connectivity index (χ1v) is 8.80. The van der Waals surface area contributed by atoms with Crippen LogP contribution in [0.2, 0.25) is 0 Å². The first-order chi connectivity index (χ1) is 14.0. The number of urea groups is 1. The van der Waals surface area contributed by atoms with Crippen LogP contribution in [-0.4, -0.2) is 34.9 Å². The van der Waals surface area contributed by atoms with E-state index in [1.54, 1.807) is 31.2 Å². The lowest BCUT2D eigenvalue weighted by atomic mass is 9.87. The Labute approximate surface area is 164 Å². The highest BCUT2D eigenvalue weighted by Crippen LogP contribution is 2.37. The fourth-order valence-corrected chi connectivity index (χ4v) is 3.36. The van der Waals surface area contributed by atoms with Crippen molar-refractivity contribution in [2.75, 3.05) is 6.79 Å². The van der Waals surface area contributed by atoms with Crippen molar-refractivity contribution in [3.05, 3.63) is 63.7 Å². The summed E-state index contributed by atoms with van der Waals surface area (Å²) in [5.74, 6) is 0.00945. The Bertz CT molecular complexity index is 1040. The summed E-state index contributed by atoms with van der Waals surface area (Å²) in [4.78, 5) is 36.3.